The summed E-state index contributed by atoms with van der Waals surface area (Å²) < 4.78 is 18.2. The second-order valence-corrected chi connectivity index (χ2v) is 4.84. The van der Waals surface area contributed by atoms with E-state index < -0.39 is 11.8 Å². The van der Waals surface area contributed by atoms with Gasteiger partial charge in [-0.2, -0.15) is 0 Å². The number of hydrogen-bond acceptors (Lipinski definition) is 4. The van der Waals surface area contributed by atoms with Crippen molar-refractivity contribution in [3.63, 3.8) is 0 Å². The lowest BCUT2D eigenvalue weighted by molar-refractivity contribution is -0.129. The highest BCUT2D eigenvalue weighted by molar-refractivity contribution is 7.10. The van der Waals surface area contributed by atoms with Crippen molar-refractivity contribution in [3.8, 4) is 0 Å². The van der Waals surface area contributed by atoms with Gasteiger partial charge in [0.05, 0.1) is 0 Å². The van der Waals surface area contributed by atoms with E-state index >= 15 is 0 Å². The first-order valence-electron chi connectivity index (χ1n) is 5.54. The second-order valence-electron chi connectivity index (χ2n) is 3.86. The zero-order valence-corrected chi connectivity index (χ0v) is 10.5. The molecule has 0 unspecified atom stereocenters. The monoisotopic (exact) mass is 273 g/mol. The lowest BCUT2D eigenvalue weighted by Gasteiger charge is -1.98. The largest absolute Gasteiger partial charge is 0.402 e. The van der Waals surface area contributed by atoms with Gasteiger partial charge >= 0.3 is 5.97 Å². The number of thiophene rings is 1. The number of nitrogens with zero attached hydrogens (tertiary/aromatic N) is 1. The highest BCUT2D eigenvalue weighted by Gasteiger charge is 2.24. The van der Waals surface area contributed by atoms with E-state index in [9.17, 15) is 9.18 Å². The van der Waals surface area contributed by atoms with Gasteiger partial charge in [0.1, 0.15) is 5.82 Å². The lowest BCUT2D eigenvalue weighted by Crippen LogP contribution is -2.05. The van der Waals surface area contributed by atoms with Gasteiger partial charge in [0.25, 0.3) is 0 Å². The van der Waals surface area contributed by atoms with E-state index in [0.29, 0.717) is 5.56 Å². The molecule has 1 aromatic carbocycles. The van der Waals surface area contributed by atoms with E-state index in [-0.39, 0.29) is 11.6 Å². The van der Waals surface area contributed by atoms with Gasteiger partial charge < -0.3 is 4.74 Å². The highest BCUT2D eigenvalue weighted by Crippen LogP contribution is 2.21. The predicted molar refractivity (Wildman–Crippen MR) is 71.3 cm³/mol. The number of carbonyl (C=O) groups excluding carboxylic acids is 1. The van der Waals surface area contributed by atoms with Crippen LogP contribution < -0.4 is 0 Å². The molecule has 0 radical (unpaired) electrons. The number of carbonyl (C=O) groups is 1. The number of aliphatic imine (C=N–C) groups is 1. The fourth-order valence-corrected chi connectivity index (χ4v) is 2.31. The molecule has 19 heavy (non-hydrogen) atoms. The minimum atomic E-state index is -0.521. The Bertz CT molecular complexity index is 689. The van der Waals surface area contributed by atoms with E-state index in [1.807, 2.05) is 17.5 Å². The summed E-state index contributed by atoms with van der Waals surface area (Å²) >= 11 is 1.50. The molecular formula is C14H8FNO2S. The summed E-state index contributed by atoms with van der Waals surface area (Å²) in [4.78, 5) is 16.7. The molecule has 1 aromatic heterocycles. The Balaban J connectivity index is 1.95. The maximum absolute atomic E-state index is 13.1. The summed E-state index contributed by atoms with van der Waals surface area (Å²) in [6.45, 7) is 0. The third-order valence-electron chi connectivity index (χ3n) is 2.51. The minimum Gasteiger partial charge on any atom is -0.402 e. The first-order chi connectivity index (χ1) is 9.22. The van der Waals surface area contributed by atoms with Crippen molar-refractivity contribution in [2.24, 2.45) is 4.99 Å². The molecule has 0 spiro atoms. The van der Waals surface area contributed by atoms with Gasteiger partial charge in [0.15, 0.2) is 5.70 Å². The van der Waals surface area contributed by atoms with E-state index in [0.717, 1.165) is 4.88 Å². The van der Waals surface area contributed by atoms with Crippen LogP contribution in [0.2, 0.25) is 0 Å². The van der Waals surface area contributed by atoms with Gasteiger partial charge in [-0.3, -0.25) is 0 Å². The van der Waals surface area contributed by atoms with E-state index in [4.69, 9.17) is 4.74 Å². The van der Waals surface area contributed by atoms with Crippen LogP contribution in [0.3, 0.4) is 0 Å². The number of ether oxygens (including phenoxy) is 1. The van der Waals surface area contributed by atoms with Crippen LogP contribution in [0.1, 0.15) is 10.4 Å². The van der Waals surface area contributed by atoms with Crippen LogP contribution in [0.15, 0.2) is 52.5 Å². The van der Waals surface area contributed by atoms with Gasteiger partial charge in [-0.1, -0.05) is 12.1 Å². The second kappa shape index (κ2) is 4.78. The van der Waals surface area contributed by atoms with Crippen molar-refractivity contribution < 1.29 is 13.9 Å². The molecule has 3 rings (SSSR count). The third kappa shape index (κ3) is 2.46. The molecule has 3 nitrogen and oxygen atoms in total. The zero-order chi connectivity index (χ0) is 13.2. The summed E-state index contributed by atoms with van der Waals surface area (Å²) in [6, 6.07) is 9.55. The molecule has 1 aliphatic heterocycles. The SMILES string of the molecule is O=C1OC(c2cccc(F)c2)=N/C1=C/c1cccs1. The molecule has 0 saturated heterocycles. The van der Waals surface area contributed by atoms with Crippen LogP contribution in [-0.2, 0) is 9.53 Å². The Labute approximate surface area is 112 Å². The van der Waals surface area contributed by atoms with E-state index in [1.54, 1.807) is 18.2 Å². The summed E-state index contributed by atoms with van der Waals surface area (Å²) in [5.74, 6) is -0.785. The molecule has 2 heterocycles. The molecule has 0 amide bonds. The van der Waals surface area contributed by atoms with Crippen molar-refractivity contribution in [1.29, 1.82) is 0 Å². The Hall–Kier alpha value is -2.27. The van der Waals surface area contributed by atoms with Crippen LogP contribution in [0.4, 0.5) is 4.39 Å². The molecule has 1 aliphatic rings. The number of halogens is 1. The smallest absolute Gasteiger partial charge is 0.363 e. The van der Waals surface area contributed by atoms with Gasteiger partial charge in [0, 0.05) is 10.4 Å². The molecule has 0 fully saturated rings. The Morgan fingerprint density at radius 1 is 1.26 bits per heavy atom. The quantitative estimate of drug-likeness (QED) is 0.622. The fraction of sp³-hybridized carbons (Fsp3) is 0. The van der Waals surface area contributed by atoms with Gasteiger partial charge in [-0.25, -0.2) is 14.2 Å². The van der Waals surface area contributed by atoms with Crippen LogP contribution in [-0.4, -0.2) is 11.9 Å². The van der Waals surface area contributed by atoms with Crippen molar-refractivity contribution in [2.75, 3.05) is 0 Å². The summed E-state index contributed by atoms with van der Waals surface area (Å²) in [6.07, 6.45) is 1.65. The van der Waals surface area contributed by atoms with Crippen molar-refractivity contribution in [2.45, 2.75) is 0 Å². The molecule has 0 atom stereocenters. The van der Waals surface area contributed by atoms with Crippen molar-refractivity contribution >= 4 is 29.3 Å². The van der Waals surface area contributed by atoms with Gasteiger partial charge in [-0.15, -0.1) is 11.3 Å². The summed E-state index contributed by atoms with van der Waals surface area (Å²) in [5.41, 5.74) is 0.671. The number of cyclic esters (lactones) is 1. The third-order valence-corrected chi connectivity index (χ3v) is 3.33. The number of benzene rings is 1. The average Bonchev–Trinajstić information content (AvgIpc) is 3.01. The number of rotatable bonds is 2. The van der Waals surface area contributed by atoms with E-state index in [1.165, 1.54) is 23.5 Å². The fourth-order valence-electron chi connectivity index (χ4n) is 1.66. The number of esters is 1. The Morgan fingerprint density at radius 3 is 2.89 bits per heavy atom. The van der Waals surface area contributed by atoms with E-state index in [2.05, 4.69) is 4.99 Å². The minimum absolute atomic E-state index is 0.132. The Morgan fingerprint density at radius 2 is 2.16 bits per heavy atom. The molecule has 0 aliphatic carbocycles. The van der Waals surface area contributed by atoms with Crippen LogP contribution in [0, 0.1) is 5.82 Å². The maximum Gasteiger partial charge on any atom is 0.363 e. The first kappa shape index (κ1) is 11.8. The first-order valence-corrected chi connectivity index (χ1v) is 6.42. The zero-order valence-electron chi connectivity index (χ0n) is 9.67. The molecule has 2 aromatic rings. The van der Waals surface area contributed by atoms with Crippen molar-refractivity contribution in [1.82, 2.24) is 0 Å². The summed E-state index contributed by atoms with van der Waals surface area (Å²) in [5, 5.41) is 1.91. The van der Waals surface area contributed by atoms with Crippen molar-refractivity contribution in [3.05, 3.63) is 63.7 Å². The predicted octanol–water partition coefficient (Wildman–Crippen LogP) is 3.23. The normalized spacial score (nSPS) is 16.6. The topological polar surface area (TPSA) is 38.7 Å². The molecule has 94 valence electrons. The van der Waals surface area contributed by atoms with Gasteiger partial charge in [0.2, 0.25) is 5.90 Å². The Kier molecular flexibility index (Phi) is 2.97. The van der Waals surface area contributed by atoms with Crippen LogP contribution in [0.5, 0.6) is 0 Å². The molecule has 5 heteroatoms. The highest BCUT2D eigenvalue weighted by atomic mass is 32.1. The number of hydrogen-bond donors (Lipinski definition) is 0. The summed E-state index contributed by atoms with van der Waals surface area (Å²) in [7, 11) is 0. The standard InChI is InChI=1S/C14H8FNO2S/c15-10-4-1-3-9(7-10)13-16-12(14(17)18-13)8-11-5-2-6-19-11/h1-8H/b12-8+. The molecular weight excluding hydrogens is 265 g/mol. The average molecular weight is 273 g/mol. The van der Waals surface area contributed by atoms with Crippen LogP contribution >= 0.6 is 11.3 Å². The van der Waals surface area contributed by atoms with Crippen LogP contribution in [0.25, 0.3) is 6.08 Å². The molecule has 0 N–H and O–H groups in total. The van der Waals surface area contributed by atoms with Gasteiger partial charge in [-0.05, 0) is 35.7 Å². The molecule has 0 bridgehead atoms. The maximum atomic E-state index is 13.1. The lowest BCUT2D eigenvalue weighted by atomic mass is 10.2. The molecule has 0 saturated carbocycles.